The molecule has 2 N–H and O–H groups in total. The van der Waals surface area contributed by atoms with Crippen LogP contribution in [0.5, 0.6) is 0 Å². The number of H-pyrrole nitrogens is 1. The second kappa shape index (κ2) is 9.38. The number of nitrogens with zero attached hydrogens (tertiary/aromatic N) is 1. The molecule has 3 aromatic carbocycles. The van der Waals surface area contributed by atoms with Crippen LogP contribution in [-0.2, 0) is 22.5 Å². The smallest absolute Gasteiger partial charge is 0.449 e. The molecule has 5 rings (SSSR count). The molecule has 5 nitrogen and oxygen atoms in total. The fourth-order valence-corrected chi connectivity index (χ4v) is 4.40. The van der Waals surface area contributed by atoms with E-state index in [1.807, 2.05) is 54.6 Å². The normalized spacial score (nSPS) is 17.2. The van der Waals surface area contributed by atoms with E-state index in [1.165, 1.54) is 0 Å². The zero-order valence-electron chi connectivity index (χ0n) is 18.5. The Bertz CT molecular complexity index is 1320. The van der Waals surface area contributed by atoms with Gasteiger partial charge in [-0.2, -0.15) is 13.2 Å². The van der Waals surface area contributed by atoms with E-state index in [4.69, 9.17) is 4.74 Å². The van der Waals surface area contributed by atoms with Gasteiger partial charge in [-0.1, -0.05) is 66.7 Å². The van der Waals surface area contributed by atoms with Gasteiger partial charge in [-0.3, -0.25) is 0 Å². The third kappa shape index (κ3) is 4.97. The lowest BCUT2D eigenvalue weighted by Gasteiger charge is -2.23. The number of esters is 1. The van der Waals surface area contributed by atoms with E-state index in [0.29, 0.717) is 18.5 Å². The highest BCUT2D eigenvalue weighted by Gasteiger charge is 2.45. The molecule has 1 aliphatic carbocycles. The van der Waals surface area contributed by atoms with Gasteiger partial charge in [-0.25, -0.2) is 9.78 Å². The highest BCUT2D eigenvalue weighted by molar-refractivity contribution is 5.76. The van der Waals surface area contributed by atoms with Crippen molar-refractivity contribution in [3.8, 4) is 22.5 Å². The number of fused-ring (bicyclic) bond motifs is 1. The molecule has 0 spiro atoms. The molecule has 0 amide bonds. The number of aromatic nitrogens is 2. The average Bonchev–Trinajstić information content (AvgIpc) is 3.51. The minimum atomic E-state index is -5.04. The van der Waals surface area contributed by atoms with E-state index < -0.39 is 24.3 Å². The number of carbonyl (C=O) groups excluding carboxylic acids is 1. The molecule has 1 aromatic heterocycles. The Morgan fingerprint density at radius 1 is 1.00 bits per heavy atom. The maximum atomic E-state index is 12.8. The molecule has 0 saturated carbocycles. The van der Waals surface area contributed by atoms with Gasteiger partial charge < -0.3 is 15.0 Å². The van der Waals surface area contributed by atoms with E-state index in [0.717, 1.165) is 33.6 Å². The molecule has 0 saturated heterocycles. The molecule has 1 heterocycles. The Morgan fingerprint density at radius 2 is 1.77 bits per heavy atom. The van der Waals surface area contributed by atoms with Gasteiger partial charge in [-0.15, -0.1) is 0 Å². The highest BCUT2D eigenvalue weighted by Crippen LogP contribution is 2.36. The van der Waals surface area contributed by atoms with E-state index in [-0.39, 0.29) is 0 Å². The van der Waals surface area contributed by atoms with Crippen molar-refractivity contribution >= 4 is 5.97 Å². The Hall–Kier alpha value is -3.91. The predicted molar refractivity (Wildman–Crippen MR) is 125 cm³/mol. The summed E-state index contributed by atoms with van der Waals surface area (Å²) < 4.78 is 43.4. The average molecular weight is 477 g/mol. The van der Waals surface area contributed by atoms with E-state index in [9.17, 15) is 18.0 Å². The molecular formula is C27H22F3N3O2. The molecule has 178 valence electrons. The molecule has 2 unspecified atom stereocenters. The summed E-state index contributed by atoms with van der Waals surface area (Å²) >= 11 is 0. The monoisotopic (exact) mass is 477 g/mol. The first kappa shape index (κ1) is 22.9. The maximum absolute atomic E-state index is 12.8. The number of carbonyl (C=O) groups is 1. The van der Waals surface area contributed by atoms with Gasteiger partial charge in [0.25, 0.3) is 0 Å². The van der Waals surface area contributed by atoms with Crippen LogP contribution in [0.15, 0.2) is 85.2 Å². The van der Waals surface area contributed by atoms with Crippen LogP contribution < -0.4 is 5.32 Å². The summed E-state index contributed by atoms with van der Waals surface area (Å²) in [5.74, 6) is -1.38. The number of alkyl halides is 3. The van der Waals surface area contributed by atoms with Crippen LogP contribution >= 0.6 is 0 Å². The van der Waals surface area contributed by atoms with Crippen LogP contribution in [0.1, 0.15) is 22.8 Å². The van der Waals surface area contributed by atoms with Crippen molar-refractivity contribution < 1.29 is 22.7 Å². The topological polar surface area (TPSA) is 67.0 Å². The number of aromatic amines is 1. The lowest BCUT2D eigenvalue weighted by molar-refractivity contribution is -0.206. The Kier molecular flexibility index (Phi) is 6.13. The Morgan fingerprint density at radius 3 is 2.51 bits per heavy atom. The summed E-state index contributed by atoms with van der Waals surface area (Å²) in [4.78, 5) is 18.9. The zero-order chi connectivity index (χ0) is 24.4. The van der Waals surface area contributed by atoms with Gasteiger partial charge in [0.05, 0.1) is 6.04 Å². The second-order valence-corrected chi connectivity index (χ2v) is 8.43. The Balaban J connectivity index is 1.28. The quantitative estimate of drug-likeness (QED) is 0.355. The number of ether oxygens (including phenoxy) is 1. The first-order valence-electron chi connectivity index (χ1n) is 11.2. The molecule has 0 fully saturated rings. The van der Waals surface area contributed by atoms with Gasteiger partial charge in [0, 0.05) is 24.5 Å². The Labute approximate surface area is 200 Å². The van der Waals surface area contributed by atoms with Crippen LogP contribution in [-0.4, -0.2) is 28.2 Å². The molecule has 0 radical (unpaired) electrons. The first-order valence-corrected chi connectivity index (χ1v) is 11.2. The van der Waals surface area contributed by atoms with Crippen molar-refractivity contribution in [1.29, 1.82) is 0 Å². The summed E-state index contributed by atoms with van der Waals surface area (Å²) in [5.41, 5.74) is 5.51. The molecule has 8 heteroatoms. The minimum Gasteiger partial charge on any atom is -0.449 e. The molecular weight excluding hydrogens is 455 g/mol. The first-order chi connectivity index (χ1) is 16.9. The molecule has 0 bridgehead atoms. The van der Waals surface area contributed by atoms with Gasteiger partial charge in [0.1, 0.15) is 11.9 Å². The van der Waals surface area contributed by atoms with E-state index in [1.54, 1.807) is 24.5 Å². The van der Waals surface area contributed by atoms with E-state index in [2.05, 4.69) is 21.4 Å². The van der Waals surface area contributed by atoms with Crippen LogP contribution in [0, 0.1) is 0 Å². The van der Waals surface area contributed by atoms with Crippen LogP contribution in [0.2, 0.25) is 0 Å². The van der Waals surface area contributed by atoms with Gasteiger partial charge in [0.2, 0.25) is 0 Å². The summed E-state index contributed by atoms with van der Waals surface area (Å²) in [7, 11) is 0. The standard InChI is InChI=1S/C27H22F3N3O2/c28-27(29,30)26(34)35-24-22-7-2-1-4-20(22)15-23(24)33-16-17-8-10-18(11-9-17)19-5-3-6-21(14-19)25-31-12-13-32-25/h1-14,23-24,33H,15-16H2,(H,31,32). The van der Waals surface area contributed by atoms with Crippen molar-refractivity contribution in [3.63, 3.8) is 0 Å². The molecule has 4 aromatic rings. The second-order valence-electron chi connectivity index (χ2n) is 8.43. The van der Waals surface area contributed by atoms with E-state index >= 15 is 0 Å². The van der Waals surface area contributed by atoms with Crippen molar-refractivity contribution in [2.24, 2.45) is 0 Å². The number of rotatable bonds is 6. The van der Waals surface area contributed by atoms with Crippen molar-refractivity contribution in [2.45, 2.75) is 31.3 Å². The summed E-state index contributed by atoms with van der Waals surface area (Å²) in [6.07, 6.45) is -2.07. The number of halogens is 3. The van der Waals surface area contributed by atoms with Gasteiger partial charge in [0.15, 0.2) is 0 Å². The van der Waals surface area contributed by atoms with Crippen LogP contribution in [0.3, 0.4) is 0 Å². The molecule has 1 aliphatic rings. The minimum absolute atomic E-state index is 0.422. The molecule has 2 atom stereocenters. The number of hydrogen-bond donors (Lipinski definition) is 2. The molecule has 35 heavy (non-hydrogen) atoms. The summed E-state index contributed by atoms with van der Waals surface area (Å²) in [6, 6.07) is 22.6. The summed E-state index contributed by atoms with van der Waals surface area (Å²) in [6.45, 7) is 0.422. The van der Waals surface area contributed by atoms with Crippen LogP contribution in [0.25, 0.3) is 22.5 Å². The lowest BCUT2D eigenvalue weighted by atomic mass is 10.0. The number of imidazole rings is 1. The zero-order valence-corrected chi connectivity index (χ0v) is 18.5. The van der Waals surface area contributed by atoms with Crippen molar-refractivity contribution in [2.75, 3.05) is 0 Å². The highest BCUT2D eigenvalue weighted by atomic mass is 19.4. The van der Waals surface area contributed by atoms with Crippen molar-refractivity contribution in [1.82, 2.24) is 15.3 Å². The van der Waals surface area contributed by atoms with Gasteiger partial charge >= 0.3 is 12.1 Å². The van der Waals surface area contributed by atoms with Gasteiger partial charge in [-0.05, 0) is 40.3 Å². The summed E-state index contributed by atoms with van der Waals surface area (Å²) in [5, 5.41) is 3.28. The third-order valence-electron chi connectivity index (χ3n) is 6.12. The van der Waals surface area contributed by atoms with Crippen LogP contribution in [0.4, 0.5) is 13.2 Å². The third-order valence-corrected chi connectivity index (χ3v) is 6.12. The fraction of sp³-hybridized carbons (Fsp3) is 0.185. The predicted octanol–water partition coefficient (Wildman–Crippen LogP) is 5.60. The van der Waals surface area contributed by atoms with Crippen molar-refractivity contribution in [3.05, 3.63) is 102 Å². The lowest BCUT2D eigenvalue weighted by Crippen LogP contribution is -2.37. The largest absolute Gasteiger partial charge is 0.490 e. The number of nitrogens with one attached hydrogen (secondary N) is 2. The molecule has 0 aliphatic heterocycles. The fourth-order valence-electron chi connectivity index (χ4n) is 4.40. The number of hydrogen-bond acceptors (Lipinski definition) is 4. The SMILES string of the molecule is O=C(OC1c2ccccc2CC1NCc1ccc(-c2cccc(-c3ncc[nH]3)c2)cc1)C(F)(F)F. The maximum Gasteiger partial charge on any atom is 0.490 e. The number of benzene rings is 3.